The van der Waals surface area contributed by atoms with Crippen LogP contribution in [0.1, 0.15) is 18.9 Å². The number of carbonyl (C=O) groups is 1. The van der Waals surface area contributed by atoms with Crippen LogP contribution in [-0.4, -0.2) is 62.7 Å². The average molecular weight is 487 g/mol. The number of amides is 1. The van der Waals surface area contributed by atoms with Crippen molar-refractivity contribution in [2.75, 3.05) is 67.3 Å². The number of para-hydroxylation sites is 1. The van der Waals surface area contributed by atoms with Crippen molar-refractivity contribution in [3.05, 3.63) is 60.3 Å². The van der Waals surface area contributed by atoms with Gasteiger partial charge in [-0.15, -0.1) is 0 Å². The van der Waals surface area contributed by atoms with E-state index in [0.29, 0.717) is 12.2 Å². The zero-order chi connectivity index (χ0) is 25.1. The Morgan fingerprint density at radius 2 is 1.83 bits per heavy atom. The topological polar surface area (TPSA) is 73.0 Å². The zero-order valence-corrected chi connectivity index (χ0v) is 21.3. The lowest BCUT2D eigenvalue weighted by atomic mass is 10.1. The second kappa shape index (κ2) is 10.5. The molecule has 1 amide bonds. The van der Waals surface area contributed by atoms with Crippen LogP contribution in [0.2, 0.25) is 0 Å². The maximum Gasteiger partial charge on any atom is 0.226 e. The van der Waals surface area contributed by atoms with Gasteiger partial charge in [0.15, 0.2) is 0 Å². The summed E-state index contributed by atoms with van der Waals surface area (Å²) in [6.07, 6.45) is 3.14. The summed E-state index contributed by atoms with van der Waals surface area (Å²) in [6.45, 7) is 6.76. The van der Waals surface area contributed by atoms with Crippen LogP contribution in [0.25, 0.3) is 0 Å². The van der Waals surface area contributed by atoms with Crippen molar-refractivity contribution in [3.8, 4) is 5.75 Å². The minimum Gasteiger partial charge on any atom is -0.494 e. The van der Waals surface area contributed by atoms with E-state index in [1.165, 1.54) is 5.56 Å². The highest BCUT2D eigenvalue weighted by Gasteiger charge is 2.26. The van der Waals surface area contributed by atoms with E-state index in [0.717, 1.165) is 73.3 Å². The lowest BCUT2D eigenvalue weighted by Crippen LogP contribution is -2.44. The molecule has 0 bridgehead atoms. The van der Waals surface area contributed by atoms with E-state index in [2.05, 4.69) is 50.7 Å². The third-order valence-electron chi connectivity index (χ3n) is 6.95. The standard InChI is InChI=1S/C28H34N6O2/c1-4-27(35)34-13-11-20-6-5-7-24(28(20)34)30-21-10-12-29-26(18-21)31-23-9-8-22(19-25(23)36-3)33-16-14-32(2)15-17-33/h5-10,12,18-19H,4,11,13-17H2,1-3H3,(H2,29,30,31). The molecule has 36 heavy (non-hydrogen) atoms. The molecule has 2 aliphatic rings. The first-order valence-electron chi connectivity index (χ1n) is 12.6. The first-order chi connectivity index (χ1) is 17.6. The van der Waals surface area contributed by atoms with Crippen molar-refractivity contribution in [2.24, 2.45) is 0 Å². The SMILES string of the molecule is CCC(=O)N1CCc2cccc(Nc3ccnc(Nc4ccc(N5CCN(C)CC5)cc4OC)c3)c21. The Labute approximate surface area is 212 Å². The Hall–Kier alpha value is -3.78. The van der Waals surface area contributed by atoms with Crippen LogP contribution >= 0.6 is 0 Å². The number of carbonyl (C=O) groups excluding carboxylic acids is 1. The van der Waals surface area contributed by atoms with Crippen LogP contribution in [0.5, 0.6) is 5.75 Å². The normalized spacial score (nSPS) is 15.5. The van der Waals surface area contributed by atoms with Gasteiger partial charge in [-0.1, -0.05) is 19.1 Å². The largest absolute Gasteiger partial charge is 0.494 e. The van der Waals surface area contributed by atoms with Gasteiger partial charge in [-0.2, -0.15) is 0 Å². The van der Waals surface area contributed by atoms with Gasteiger partial charge in [0.1, 0.15) is 11.6 Å². The monoisotopic (exact) mass is 486 g/mol. The van der Waals surface area contributed by atoms with Crippen LogP contribution in [0, 0.1) is 0 Å². The lowest BCUT2D eigenvalue weighted by molar-refractivity contribution is -0.118. The molecule has 0 atom stereocenters. The quantitative estimate of drug-likeness (QED) is 0.505. The molecule has 0 radical (unpaired) electrons. The van der Waals surface area contributed by atoms with Crippen molar-refractivity contribution >= 4 is 40.2 Å². The molecule has 1 saturated heterocycles. The number of ether oxygens (including phenoxy) is 1. The summed E-state index contributed by atoms with van der Waals surface area (Å²) in [7, 11) is 3.85. The number of pyridine rings is 1. The fourth-order valence-electron chi connectivity index (χ4n) is 4.91. The van der Waals surface area contributed by atoms with Gasteiger partial charge in [0, 0.05) is 68.8 Å². The Balaban J connectivity index is 1.34. The van der Waals surface area contributed by atoms with Crippen LogP contribution in [0.4, 0.5) is 34.3 Å². The summed E-state index contributed by atoms with van der Waals surface area (Å²) in [5.74, 6) is 1.63. The van der Waals surface area contributed by atoms with Gasteiger partial charge in [-0.25, -0.2) is 4.98 Å². The Morgan fingerprint density at radius 1 is 1.00 bits per heavy atom. The average Bonchev–Trinajstić information content (AvgIpc) is 3.34. The maximum absolute atomic E-state index is 12.5. The molecule has 2 aromatic carbocycles. The summed E-state index contributed by atoms with van der Waals surface area (Å²) >= 11 is 0. The van der Waals surface area contributed by atoms with E-state index >= 15 is 0 Å². The molecule has 0 saturated carbocycles. The fraction of sp³-hybridized carbons (Fsp3) is 0.357. The number of anilines is 6. The molecular formula is C28H34N6O2. The number of aromatic nitrogens is 1. The molecule has 1 fully saturated rings. The highest BCUT2D eigenvalue weighted by molar-refractivity contribution is 5.99. The molecule has 3 aromatic rings. The highest BCUT2D eigenvalue weighted by atomic mass is 16.5. The first-order valence-corrected chi connectivity index (χ1v) is 12.6. The van der Waals surface area contributed by atoms with Gasteiger partial charge in [-0.05, 0) is 43.3 Å². The summed E-state index contributed by atoms with van der Waals surface area (Å²) in [6, 6.07) is 16.3. The smallest absolute Gasteiger partial charge is 0.226 e. The Morgan fingerprint density at radius 3 is 2.61 bits per heavy atom. The molecule has 8 heteroatoms. The summed E-state index contributed by atoms with van der Waals surface area (Å²) in [5.41, 5.74) is 6.03. The number of fused-ring (bicyclic) bond motifs is 1. The predicted octanol–water partition coefficient (Wildman–Crippen LogP) is 4.63. The number of likely N-dealkylation sites (N-methyl/N-ethyl adjacent to an activating group) is 1. The van der Waals surface area contributed by atoms with Crippen molar-refractivity contribution in [3.63, 3.8) is 0 Å². The molecule has 0 spiro atoms. The fourth-order valence-corrected chi connectivity index (χ4v) is 4.91. The number of rotatable bonds is 7. The Kier molecular flexibility index (Phi) is 6.95. The van der Waals surface area contributed by atoms with Crippen molar-refractivity contribution in [1.82, 2.24) is 9.88 Å². The van der Waals surface area contributed by atoms with Crippen molar-refractivity contribution < 1.29 is 9.53 Å². The molecule has 5 rings (SSSR count). The van der Waals surface area contributed by atoms with E-state index in [1.807, 2.05) is 42.2 Å². The van der Waals surface area contributed by atoms with Crippen LogP contribution in [0.3, 0.4) is 0 Å². The lowest BCUT2D eigenvalue weighted by Gasteiger charge is -2.34. The minimum atomic E-state index is 0.146. The summed E-state index contributed by atoms with van der Waals surface area (Å²) in [4.78, 5) is 23.6. The number of piperazine rings is 1. The van der Waals surface area contributed by atoms with Gasteiger partial charge in [0.05, 0.1) is 24.2 Å². The molecule has 188 valence electrons. The van der Waals surface area contributed by atoms with Crippen molar-refractivity contribution in [1.29, 1.82) is 0 Å². The molecule has 1 aromatic heterocycles. The predicted molar refractivity (Wildman–Crippen MR) is 146 cm³/mol. The molecule has 3 heterocycles. The second-order valence-corrected chi connectivity index (χ2v) is 9.32. The molecule has 2 aliphatic heterocycles. The molecule has 0 aliphatic carbocycles. The zero-order valence-electron chi connectivity index (χ0n) is 21.3. The van der Waals surface area contributed by atoms with E-state index < -0.39 is 0 Å². The van der Waals surface area contributed by atoms with Gasteiger partial charge in [-0.3, -0.25) is 4.79 Å². The van der Waals surface area contributed by atoms with E-state index in [9.17, 15) is 4.79 Å². The molecule has 8 nitrogen and oxygen atoms in total. The number of nitrogens with one attached hydrogen (secondary N) is 2. The Bertz CT molecular complexity index is 1240. The highest BCUT2D eigenvalue weighted by Crippen LogP contribution is 2.38. The van der Waals surface area contributed by atoms with E-state index in [1.54, 1.807) is 13.3 Å². The second-order valence-electron chi connectivity index (χ2n) is 9.32. The van der Waals surface area contributed by atoms with Crippen LogP contribution in [-0.2, 0) is 11.2 Å². The maximum atomic E-state index is 12.5. The van der Waals surface area contributed by atoms with Gasteiger partial charge in [0.25, 0.3) is 0 Å². The van der Waals surface area contributed by atoms with Gasteiger partial charge >= 0.3 is 0 Å². The van der Waals surface area contributed by atoms with E-state index in [4.69, 9.17) is 4.74 Å². The first kappa shape index (κ1) is 23.9. The van der Waals surface area contributed by atoms with Gasteiger partial charge < -0.3 is 30.1 Å². The number of methoxy groups -OCH3 is 1. The number of nitrogens with zero attached hydrogens (tertiary/aromatic N) is 4. The van der Waals surface area contributed by atoms with Crippen LogP contribution in [0.15, 0.2) is 54.7 Å². The summed E-state index contributed by atoms with van der Waals surface area (Å²) in [5, 5.41) is 6.92. The van der Waals surface area contributed by atoms with Crippen LogP contribution < -0.4 is 25.2 Å². The minimum absolute atomic E-state index is 0.146. The van der Waals surface area contributed by atoms with Gasteiger partial charge in [0.2, 0.25) is 5.91 Å². The summed E-state index contributed by atoms with van der Waals surface area (Å²) < 4.78 is 5.71. The van der Waals surface area contributed by atoms with E-state index in [-0.39, 0.29) is 5.91 Å². The molecule has 2 N–H and O–H groups in total. The number of hydrogen-bond acceptors (Lipinski definition) is 7. The number of benzene rings is 2. The molecular weight excluding hydrogens is 452 g/mol. The van der Waals surface area contributed by atoms with Crippen molar-refractivity contribution in [2.45, 2.75) is 19.8 Å². The molecule has 0 unspecified atom stereocenters. The third kappa shape index (κ3) is 4.95. The number of hydrogen-bond donors (Lipinski definition) is 2. The third-order valence-corrected chi connectivity index (χ3v) is 6.95.